The lowest BCUT2D eigenvalue weighted by Crippen LogP contribution is -2.30. The first kappa shape index (κ1) is 16.2. The monoisotopic (exact) mass is 390 g/mol. The SMILES string of the molecule is O=C1N/C(=C\c2ccc(O)c(Br)c2)C(=O)N1Cc1ccccc1F. The maximum absolute atomic E-state index is 13.7. The Morgan fingerprint density at radius 3 is 2.67 bits per heavy atom. The van der Waals surface area contributed by atoms with E-state index in [0.717, 1.165) is 4.90 Å². The van der Waals surface area contributed by atoms with Crippen molar-refractivity contribution in [2.75, 3.05) is 0 Å². The smallest absolute Gasteiger partial charge is 0.329 e. The van der Waals surface area contributed by atoms with Crippen molar-refractivity contribution in [3.63, 3.8) is 0 Å². The average Bonchev–Trinajstić information content (AvgIpc) is 2.80. The van der Waals surface area contributed by atoms with Crippen LogP contribution >= 0.6 is 15.9 Å². The molecule has 5 nitrogen and oxygen atoms in total. The predicted octanol–water partition coefficient (Wildman–Crippen LogP) is 3.39. The van der Waals surface area contributed by atoms with E-state index in [0.29, 0.717) is 10.0 Å². The highest BCUT2D eigenvalue weighted by atomic mass is 79.9. The van der Waals surface area contributed by atoms with E-state index in [9.17, 15) is 19.1 Å². The average molecular weight is 391 g/mol. The molecule has 122 valence electrons. The van der Waals surface area contributed by atoms with E-state index in [2.05, 4.69) is 21.2 Å². The van der Waals surface area contributed by atoms with Crippen molar-refractivity contribution in [1.29, 1.82) is 0 Å². The number of benzene rings is 2. The summed E-state index contributed by atoms with van der Waals surface area (Å²) in [5, 5.41) is 12.0. The van der Waals surface area contributed by atoms with E-state index in [1.54, 1.807) is 24.3 Å². The normalized spacial score (nSPS) is 15.9. The summed E-state index contributed by atoms with van der Waals surface area (Å²) >= 11 is 3.18. The van der Waals surface area contributed by atoms with Gasteiger partial charge in [0.25, 0.3) is 5.91 Å². The number of nitrogens with zero attached hydrogens (tertiary/aromatic N) is 1. The van der Waals surface area contributed by atoms with Gasteiger partial charge >= 0.3 is 6.03 Å². The highest BCUT2D eigenvalue weighted by Gasteiger charge is 2.33. The maximum Gasteiger partial charge on any atom is 0.329 e. The quantitative estimate of drug-likeness (QED) is 0.623. The van der Waals surface area contributed by atoms with Gasteiger partial charge in [-0.1, -0.05) is 24.3 Å². The molecule has 0 bridgehead atoms. The molecule has 0 unspecified atom stereocenters. The second kappa shape index (κ2) is 6.45. The van der Waals surface area contributed by atoms with E-state index in [1.165, 1.54) is 24.3 Å². The zero-order valence-electron chi connectivity index (χ0n) is 12.3. The van der Waals surface area contributed by atoms with Crippen LogP contribution in [0.15, 0.2) is 52.6 Å². The first-order valence-corrected chi connectivity index (χ1v) is 7.81. The number of phenols is 1. The van der Waals surface area contributed by atoms with E-state index in [1.807, 2.05) is 0 Å². The Hall–Kier alpha value is -2.67. The highest BCUT2D eigenvalue weighted by molar-refractivity contribution is 9.10. The molecule has 7 heteroatoms. The maximum atomic E-state index is 13.7. The van der Waals surface area contributed by atoms with Crippen LogP contribution in [0.2, 0.25) is 0 Å². The molecule has 0 spiro atoms. The summed E-state index contributed by atoms with van der Waals surface area (Å²) in [7, 11) is 0. The summed E-state index contributed by atoms with van der Waals surface area (Å²) in [6.07, 6.45) is 1.49. The first-order chi connectivity index (χ1) is 11.5. The van der Waals surface area contributed by atoms with Gasteiger partial charge < -0.3 is 10.4 Å². The second-order valence-corrected chi connectivity index (χ2v) is 6.04. The minimum atomic E-state index is -0.604. The van der Waals surface area contributed by atoms with Gasteiger partial charge in [-0.05, 0) is 45.8 Å². The Bertz CT molecular complexity index is 867. The Kier molecular flexibility index (Phi) is 4.35. The molecule has 2 aromatic rings. The minimum Gasteiger partial charge on any atom is -0.507 e. The summed E-state index contributed by atoms with van der Waals surface area (Å²) in [6.45, 7) is -0.145. The van der Waals surface area contributed by atoms with Crippen LogP contribution in [-0.4, -0.2) is 21.9 Å². The molecule has 1 fully saturated rings. The van der Waals surface area contributed by atoms with Crippen LogP contribution in [0.4, 0.5) is 9.18 Å². The second-order valence-electron chi connectivity index (χ2n) is 5.18. The Balaban J connectivity index is 1.84. The van der Waals surface area contributed by atoms with Gasteiger partial charge in [0.1, 0.15) is 17.3 Å². The van der Waals surface area contributed by atoms with E-state index < -0.39 is 17.8 Å². The molecule has 0 radical (unpaired) electrons. The van der Waals surface area contributed by atoms with Crippen molar-refractivity contribution >= 4 is 33.9 Å². The van der Waals surface area contributed by atoms with Crippen LogP contribution in [0.3, 0.4) is 0 Å². The van der Waals surface area contributed by atoms with Crippen LogP contribution in [0, 0.1) is 5.82 Å². The van der Waals surface area contributed by atoms with E-state index in [4.69, 9.17) is 0 Å². The fourth-order valence-corrected chi connectivity index (χ4v) is 2.69. The number of carbonyl (C=O) groups is 2. The lowest BCUT2D eigenvalue weighted by atomic mass is 10.1. The molecule has 1 heterocycles. The number of urea groups is 1. The van der Waals surface area contributed by atoms with Crippen molar-refractivity contribution in [2.24, 2.45) is 0 Å². The van der Waals surface area contributed by atoms with Gasteiger partial charge in [0.15, 0.2) is 0 Å². The van der Waals surface area contributed by atoms with Gasteiger partial charge in [0, 0.05) is 5.56 Å². The summed E-state index contributed by atoms with van der Waals surface area (Å²) in [5.74, 6) is -0.939. The zero-order chi connectivity index (χ0) is 17.3. The molecular weight excluding hydrogens is 379 g/mol. The Labute approximate surface area is 145 Å². The lowest BCUT2D eigenvalue weighted by Gasteiger charge is -2.12. The van der Waals surface area contributed by atoms with Crippen LogP contribution in [-0.2, 0) is 11.3 Å². The molecule has 2 aromatic carbocycles. The summed E-state index contributed by atoms with van der Waals surface area (Å²) in [6, 6.07) is 10.1. The molecule has 0 aliphatic carbocycles. The fraction of sp³-hybridized carbons (Fsp3) is 0.0588. The highest BCUT2D eigenvalue weighted by Crippen LogP contribution is 2.26. The first-order valence-electron chi connectivity index (χ1n) is 7.02. The number of aromatic hydroxyl groups is 1. The molecule has 3 amide bonds. The van der Waals surface area contributed by atoms with Crippen LogP contribution in [0.1, 0.15) is 11.1 Å². The number of halogens is 2. The van der Waals surface area contributed by atoms with Crippen molar-refractivity contribution in [2.45, 2.75) is 6.54 Å². The third-order valence-corrected chi connectivity index (χ3v) is 4.17. The van der Waals surface area contributed by atoms with Crippen molar-refractivity contribution < 1.29 is 19.1 Å². The third-order valence-electron chi connectivity index (χ3n) is 3.53. The number of hydrogen-bond acceptors (Lipinski definition) is 3. The summed E-state index contributed by atoms with van der Waals surface area (Å²) in [4.78, 5) is 25.3. The van der Waals surface area contributed by atoms with Gasteiger partial charge in [0.2, 0.25) is 0 Å². The van der Waals surface area contributed by atoms with Crippen molar-refractivity contribution in [1.82, 2.24) is 10.2 Å². The van der Waals surface area contributed by atoms with Gasteiger partial charge in [0.05, 0.1) is 11.0 Å². The molecule has 1 aliphatic rings. The molecule has 0 aromatic heterocycles. The largest absolute Gasteiger partial charge is 0.507 e. The number of hydrogen-bond donors (Lipinski definition) is 2. The standard InChI is InChI=1S/C17H12BrFN2O3/c18-12-7-10(5-6-15(12)22)8-14-16(23)21(17(24)20-14)9-11-3-1-2-4-13(11)19/h1-8,22H,9H2,(H,20,24)/b14-8-. The molecule has 1 saturated heterocycles. The summed E-state index contributed by atoms with van der Waals surface area (Å²) < 4.78 is 14.2. The molecule has 0 atom stereocenters. The van der Waals surface area contributed by atoms with Crippen molar-refractivity contribution in [3.05, 3.63) is 69.6 Å². The number of carbonyl (C=O) groups excluding carboxylic acids is 2. The van der Waals surface area contributed by atoms with Gasteiger partial charge in [-0.2, -0.15) is 0 Å². The Morgan fingerprint density at radius 1 is 1.21 bits per heavy atom. The van der Waals surface area contributed by atoms with Crippen LogP contribution in [0.5, 0.6) is 5.75 Å². The summed E-state index contributed by atoms with van der Waals surface area (Å²) in [5.41, 5.74) is 0.972. The number of imide groups is 1. The fourth-order valence-electron chi connectivity index (χ4n) is 2.29. The molecule has 2 N–H and O–H groups in total. The predicted molar refractivity (Wildman–Crippen MR) is 89.3 cm³/mol. The molecular formula is C17H12BrFN2O3. The van der Waals surface area contributed by atoms with Crippen molar-refractivity contribution in [3.8, 4) is 5.75 Å². The number of amides is 3. The van der Waals surface area contributed by atoms with Gasteiger partial charge in [-0.15, -0.1) is 0 Å². The molecule has 24 heavy (non-hydrogen) atoms. The van der Waals surface area contributed by atoms with Gasteiger partial charge in [-0.25, -0.2) is 9.18 Å². The molecule has 0 saturated carbocycles. The third kappa shape index (κ3) is 3.16. The number of rotatable bonds is 3. The lowest BCUT2D eigenvalue weighted by molar-refractivity contribution is -0.123. The number of phenolic OH excluding ortho intramolecular Hbond substituents is 1. The van der Waals surface area contributed by atoms with Crippen LogP contribution < -0.4 is 5.32 Å². The number of nitrogens with one attached hydrogen (secondary N) is 1. The zero-order valence-corrected chi connectivity index (χ0v) is 13.9. The van der Waals surface area contributed by atoms with E-state index >= 15 is 0 Å². The minimum absolute atomic E-state index is 0.0695. The van der Waals surface area contributed by atoms with E-state index in [-0.39, 0.29) is 23.6 Å². The van der Waals surface area contributed by atoms with Gasteiger partial charge in [-0.3, -0.25) is 9.69 Å². The van der Waals surface area contributed by atoms with Crippen LogP contribution in [0.25, 0.3) is 6.08 Å². The topological polar surface area (TPSA) is 69.6 Å². The molecule has 3 rings (SSSR count). The Morgan fingerprint density at radius 2 is 1.96 bits per heavy atom. The molecule has 1 aliphatic heterocycles.